The number of aryl methyl sites for hydroxylation is 2. The van der Waals surface area contributed by atoms with Gasteiger partial charge in [0.15, 0.2) is 0 Å². The molecule has 1 heterocycles. The second kappa shape index (κ2) is 7.05. The van der Waals surface area contributed by atoms with Gasteiger partial charge in [-0.25, -0.2) is 0 Å². The monoisotopic (exact) mass is 365 g/mol. The molecule has 0 atom stereocenters. The largest absolute Gasteiger partial charge is 0.256 e. The van der Waals surface area contributed by atoms with E-state index in [0.717, 1.165) is 11.6 Å². The van der Waals surface area contributed by atoms with E-state index >= 15 is 0 Å². The lowest BCUT2D eigenvalue weighted by Gasteiger charge is -2.22. The van der Waals surface area contributed by atoms with Crippen LogP contribution in [0, 0.1) is 13.8 Å². The van der Waals surface area contributed by atoms with Gasteiger partial charge in [-0.15, -0.1) is 0 Å². The zero-order valence-corrected chi connectivity index (χ0v) is 16.8. The number of benzene rings is 3. The second-order valence-corrected chi connectivity index (χ2v) is 8.52. The smallest absolute Gasteiger partial charge is 0.0786 e. The van der Waals surface area contributed by atoms with Crippen molar-refractivity contribution in [2.24, 2.45) is 0 Å². The third-order valence-electron chi connectivity index (χ3n) is 6.34. The average molecular weight is 366 g/mol. The lowest BCUT2D eigenvalue weighted by atomic mass is 9.83. The van der Waals surface area contributed by atoms with Crippen molar-refractivity contribution in [3.05, 3.63) is 77.5 Å². The summed E-state index contributed by atoms with van der Waals surface area (Å²) in [6, 6.07) is 20.6. The zero-order valence-electron chi connectivity index (χ0n) is 16.8. The molecule has 5 rings (SSSR count). The molecule has 0 spiro atoms. The summed E-state index contributed by atoms with van der Waals surface area (Å²) in [4.78, 5) is 4.82. The van der Waals surface area contributed by atoms with E-state index < -0.39 is 0 Å². The van der Waals surface area contributed by atoms with Gasteiger partial charge < -0.3 is 0 Å². The van der Waals surface area contributed by atoms with E-state index in [2.05, 4.69) is 68.4 Å². The van der Waals surface area contributed by atoms with Crippen LogP contribution in [0.15, 0.2) is 60.8 Å². The molecule has 0 saturated heterocycles. The minimum absolute atomic E-state index is 0.738. The molecule has 0 aliphatic heterocycles. The number of hydrogen-bond donors (Lipinski definition) is 0. The van der Waals surface area contributed by atoms with Crippen molar-refractivity contribution < 1.29 is 0 Å². The van der Waals surface area contributed by atoms with Gasteiger partial charge in [0, 0.05) is 17.1 Å². The van der Waals surface area contributed by atoms with E-state index in [1.165, 1.54) is 75.9 Å². The molecule has 0 unspecified atom stereocenters. The second-order valence-electron chi connectivity index (χ2n) is 8.52. The quantitative estimate of drug-likeness (QED) is 0.331. The summed E-state index contributed by atoms with van der Waals surface area (Å²) >= 11 is 0. The Balaban J connectivity index is 1.72. The fraction of sp³-hybridized carbons (Fsp3) is 0.296. The van der Waals surface area contributed by atoms with Crippen LogP contribution in [-0.2, 0) is 0 Å². The summed E-state index contributed by atoms with van der Waals surface area (Å²) in [6.45, 7) is 4.33. The molecule has 0 bridgehead atoms. The van der Waals surface area contributed by atoms with Crippen LogP contribution in [-0.4, -0.2) is 4.98 Å². The van der Waals surface area contributed by atoms with Gasteiger partial charge in [-0.3, -0.25) is 4.98 Å². The zero-order chi connectivity index (χ0) is 19.1. The Morgan fingerprint density at radius 1 is 0.750 bits per heavy atom. The fourth-order valence-electron chi connectivity index (χ4n) is 5.05. The number of aromatic nitrogens is 1. The molecule has 0 N–H and O–H groups in total. The van der Waals surface area contributed by atoms with Crippen molar-refractivity contribution in [1.82, 2.24) is 4.98 Å². The lowest BCUT2D eigenvalue weighted by Crippen LogP contribution is -2.04. The Morgan fingerprint density at radius 2 is 1.50 bits per heavy atom. The number of hydrogen-bond acceptors (Lipinski definition) is 1. The van der Waals surface area contributed by atoms with Crippen molar-refractivity contribution in [2.45, 2.75) is 51.9 Å². The normalized spacial score (nSPS) is 15.4. The first kappa shape index (κ1) is 17.4. The summed E-state index contributed by atoms with van der Waals surface area (Å²) in [5, 5.41) is 5.20. The topological polar surface area (TPSA) is 12.9 Å². The summed E-state index contributed by atoms with van der Waals surface area (Å²) in [7, 11) is 0. The highest BCUT2D eigenvalue weighted by atomic mass is 14.7. The van der Waals surface area contributed by atoms with Gasteiger partial charge in [0.2, 0.25) is 0 Å². The van der Waals surface area contributed by atoms with Crippen LogP contribution in [0.3, 0.4) is 0 Å². The van der Waals surface area contributed by atoms with Gasteiger partial charge in [0.1, 0.15) is 0 Å². The summed E-state index contributed by atoms with van der Waals surface area (Å²) < 4.78 is 0. The van der Waals surface area contributed by atoms with Crippen LogP contribution in [0.5, 0.6) is 0 Å². The highest BCUT2D eigenvalue weighted by Crippen LogP contribution is 2.37. The molecular weight excluding hydrogens is 338 g/mol. The number of rotatable bonds is 2. The van der Waals surface area contributed by atoms with Gasteiger partial charge in [0.25, 0.3) is 0 Å². The molecule has 0 radical (unpaired) electrons. The molecular formula is C27H27N. The number of nitrogens with zero attached hydrogens (tertiary/aromatic N) is 1. The van der Waals surface area contributed by atoms with E-state index in [0.29, 0.717) is 0 Å². The molecule has 140 valence electrons. The van der Waals surface area contributed by atoms with Crippen molar-refractivity contribution >= 4 is 21.5 Å². The molecule has 28 heavy (non-hydrogen) atoms. The van der Waals surface area contributed by atoms with E-state index in [9.17, 15) is 0 Å². The molecule has 3 aromatic carbocycles. The van der Waals surface area contributed by atoms with Crippen LogP contribution >= 0.6 is 0 Å². The fourth-order valence-corrected chi connectivity index (χ4v) is 5.05. The van der Waals surface area contributed by atoms with Gasteiger partial charge in [-0.05, 0) is 72.5 Å². The molecule has 1 saturated carbocycles. The van der Waals surface area contributed by atoms with Crippen LogP contribution in [0.2, 0.25) is 0 Å². The predicted molar refractivity (Wildman–Crippen MR) is 120 cm³/mol. The van der Waals surface area contributed by atoms with Crippen LogP contribution in [0.1, 0.15) is 54.7 Å². The Bertz CT molecular complexity index is 1150. The van der Waals surface area contributed by atoms with Gasteiger partial charge in [-0.2, -0.15) is 0 Å². The minimum atomic E-state index is 0.738. The molecule has 0 amide bonds. The Morgan fingerprint density at radius 3 is 2.29 bits per heavy atom. The molecule has 1 heteroatoms. The molecule has 1 aliphatic carbocycles. The first-order valence-corrected chi connectivity index (χ1v) is 10.6. The van der Waals surface area contributed by atoms with Crippen molar-refractivity contribution in [1.29, 1.82) is 0 Å². The van der Waals surface area contributed by atoms with E-state index in [-0.39, 0.29) is 0 Å². The highest BCUT2D eigenvalue weighted by molar-refractivity contribution is 6.13. The Labute approximate surface area is 167 Å². The van der Waals surface area contributed by atoms with Gasteiger partial charge in [-0.1, -0.05) is 66.8 Å². The molecule has 1 aromatic heterocycles. The first-order valence-electron chi connectivity index (χ1n) is 10.6. The van der Waals surface area contributed by atoms with Crippen LogP contribution in [0.4, 0.5) is 0 Å². The van der Waals surface area contributed by atoms with Crippen molar-refractivity contribution in [3.8, 4) is 11.3 Å². The Hall–Kier alpha value is -2.67. The summed E-state index contributed by atoms with van der Waals surface area (Å²) in [5.41, 5.74) is 6.40. The summed E-state index contributed by atoms with van der Waals surface area (Å²) in [5.74, 6) is 0.738. The third-order valence-corrected chi connectivity index (χ3v) is 6.34. The maximum Gasteiger partial charge on any atom is 0.0786 e. The minimum Gasteiger partial charge on any atom is -0.256 e. The van der Waals surface area contributed by atoms with Crippen LogP contribution in [0.25, 0.3) is 32.8 Å². The third kappa shape index (κ3) is 3.09. The van der Waals surface area contributed by atoms with E-state index in [4.69, 9.17) is 4.98 Å². The Kier molecular flexibility index (Phi) is 4.39. The van der Waals surface area contributed by atoms with Gasteiger partial charge >= 0.3 is 0 Å². The predicted octanol–water partition coefficient (Wildman–Crippen LogP) is 7.72. The van der Waals surface area contributed by atoms with Gasteiger partial charge in [0.05, 0.1) is 5.69 Å². The molecule has 1 fully saturated rings. The number of pyridine rings is 1. The average Bonchev–Trinajstić information content (AvgIpc) is 2.72. The van der Waals surface area contributed by atoms with Crippen molar-refractivity contribution in [3.63, 3.8) is 0 Å². The number of fused-ring (bicyclic) bond motifs is 3. The molecule has 1 aliphatic rings. The maximum absolute atomic E-state index is 4.82. The molecule has 1 nitrogen and oxygen atoms in total. The molecule has 4 aromatic rings. The maximum atomic E-state index is 4.82. The highest BCUT2D eigenvalue weighted by Gasteiger charge is 2.17. The van der Waals surface area contributed by atoms with Crippen molar-refractivity contribution in [2.75, 3.05) is 0 Å². The van der Waals surface area contributed by atoms with E-state index in [1.807, 2.05) is 6.20 Å². The lowest BCUT2D eigenvalue weighted by molar-refractivity contribution is 0.444. The first-order chi connectivity index (χ1) is 13.7. The van der Waals surface area contributed by atoms with Crippen LogP contribution < -0.4 is 0 Å². The van der Waals surface area contributed by atoms with E-state index in [1.54, 1.807) is 0 Å². The summed E-state index contributed by atoms with van der Waals surface area (Å²) in [6.07, 6.45) is 8.78. The SMILES string of the molecule is Cc1cc(C)cc(-c2nccc3ccc4cc(C5CCCCC5)ccc4c23)c1. The standard InChI is InChI=1S/C27H27N/c1-18-14-19(2)16-24(15-18)27-26-21(12-13-28-27)8-9-23-17-22(10-11-25(23)26)20-6-4-3-5-7-20/h8-17,20H,3-7H2,1-2H3.